The van der Waals surface area contributed by atoms with Crippen LogP contribution < -0.4 is 0 Å². The average Bonchev–Trinajstić information content (AvgIpc) is 3.09. The molecule has 1 amide bonds. The summed E-state index contributed by atoms with van der Waals surface area (Å²) in [5, 5.41) is 4.35. The topological polar surface area (TPSA) is 63.9 Å². The highest BCUT2D eigenvalue weighted by molar-refractivity contribution is 6.99. The van der Waals surface area contributed by atoms with E-state index in [1.165, 1.54) is 11.8 Å². The molecule has 0 spiro atoms. The first-order valence-electron chi connectivity index (χ1n) is 6.31. The quantitative estimate of drug-likeness (QED) is 0.835. The third kappa shape index (κ3) is 2.51. The van der Waals surface area contributed by atoms with Gasteiger partial charge in [0, 0.05) is 19.3 Å². The third-order valence-electron chi connectivity index (χ3n) is 3.44. The molecule has 2 aromatic rings. The Labute approximate surface area is 115 Å². The number of aromatic nitrogens is 4. The molecule has 1 aliphatic heterocycles. The lowest BCUT2D eigenvalue weighted by Crippen LogP contribution is -2.39. The summed E-state index contributed by atoms with van der Waals surface area (Å²) in [4.78, 5) is 14.0. The van der Waals surface area contributed by atoms with E-state index in [-0.39, 0.29) is 5.91 Å². The van der Waals surface area contributed by atoms with Gasteiger partial charge in [-0.15, -0.1) is 0 Å². The summed E-state index contributed by atoms with van der Waals surface area (Å²) in [6, 6.07) is 0.395. The van der Waals surface area contributed by atoms with Crippen molar-refractivity contribution in [2.75, 3.05) is 13.1 Å². The Morgan fingerprint density at radius 3 is 2.74 bits per heavy atom. The minimum Gasteiger partial charge on any atom is -0.337 e. The molecule has 0 bridgehead atoms. The summed E-state index contributed by atoms with van der Waals surface area (Å²) in [5.74, 6) is -0.0103. The Bertz CT molecular complexity index is 556. The fourth-order valence-electron chi connectivity index (χ4n) is 2.39. The van der Waals surface area contributed by atoms with Crippen LogP contribution in [-0.2, 0) is 0 Å². The highest BCUT2D eigenvalue weighted by atomic mass is 32.1. The Balaban J connectivity index is 1.62. The molecule has 19 heavy (non-hydrogen) atoms. The van der Waals surface area contributed by atoms with Gasteiger partial charge in [0.2, 0.25) is 0 Å². The molecule has 3 rings (SSSR count). The zero-order valence-electron chi connectivity index (χ0n) is 10.7. The van der Waals surface area contributed by atoms with E-state index in [2.05, 4.69) is 20.0 Å². The standard InChI is InChI=1S/C12H15N5OS/c1-9-6-13-17(8-9)10-2-4-16(5-3-10)12(18)11-7-14-19-15-11/h6-8,10H,2-5H2,1H3. The summed E-state index contributed by atoms with van der Waals surface area (Å²) < 4.78 is 9.88. The molecular weight excluding hydrogens is 262 g/mol. The van der Waals surface area contributed by atoms with E-state index in [1.54, 1.807) is 0 Å². The number of piperidine rings is 1. The van der Waals surface area contributed by atoms with E-state index in [0.717, 1.165) is 37.7 Å². The summed E-state index contributed by atoms with van der Waals surface area (Å²) in [7, 11) is 0. The molecule has 2 aromatic heterocycles. The van der Waals surface area contributed by atoms with Gasteiger partial charge >= 0.3 is 0 Å². The van der Waals surface area contributed by atoms with Crippen LogP contribution in [0.15, 0.2) is 18.6 Å². The molecule has 1 fully saturated rings. The fraction of sp³-hybridized carbons (Fsp3) is 0.500. The van der Waals surface area contributed by atoms with Crippen LogP contribution >= 0.6 is 11.7 Å². The number of aryl methyl sites for hydroxylation is 1. The van der Waals surface area contributed by atoms with Crippen molar-refractivity contribution in [3.05, 3.63) is 29.8 Å². The SMILES string of the molecule is Cc1cnn(C2CCN(C(=O)c3cnsn3)CC2)c1. The Morgan fingerprint density at radius 2 is 2.16 bits per heavy atom. The zero-order chi connectivity index (χ0) is 13.2. The van der Waals surface area contributed by atoms with Crippen LogP contribution in [-0.4, -0.2) is 42.4 Å². The second-order valence-corrected chi connectivity index (χ2v) is 5.37. The molecule has 0 radical (unpaired) electrons. The molecular formula is C12H15N5OS. The van der Waals surface area contributed by atoms with Crippen molar-refractivity contribution in [3.8, 4) is 0 Å². The second-order valence-electron chi connectivity index (χ2n) is 4.81. The Kier molecular flexibility index (Phi) is 3.29. The number of carbonyl (C=O) groups excluding carboxylic acids is 1. The lowest BCUT2D eigenvalue weighted by Gasteiger charge is -2.31. The van der Waals surface area contributed by atoms with Gasteiger partial charge in [-0.1, -0.05) is 0 Å². The van der Waals surface area contributed by atoms with Gasteiger partial charge in [-0.3, -0.25) is 9.48 Å². The maximum atomic E-state index is 12.1. The number of amides is 1. The van der Waals surface area contributed by atoms with Crippen molar-refractivity contribution in [3.63, 3.8) is 0 Å². The van der Waals surface area contributed by atoms with Crippen LogP contribution in [0.25, 0.3) is 0 Å². The van der Waals surface area contributed by atoms with Gasteiger partial charge in [0.1, 0.15) is 0 Å². The van der Waals surface area contributed by atoms with Crippen LogP contribution in [0, 0.1) is 6.92 Å². The van der Waals surface area contributed by atoms with Crippen molar-refractivity contribution in [2.24, 2.45) is 0 Å². The Morgan fingerprint density at radius 1 is 1.37 bits per heavy atom. The average molecular weight is 277 g/mol. The monoisotopic (exact) mass is 277 g/mol. The summed E-state index contributed by atoms with van der Waals surface area (Å²) in [6.07, 6.45) is 7.34. The molecule has 3 heterocycles. The van der Waals surface area contributed by atoms with E-state index in [9.17, 15) is 4.79 Å². The first kappa shape index (κ1) is 12.3. The third-order valence-corrected chi connectivity index (χ3v) is 3.91. The van der Waals surface area contributed by atoms with E-state index in [1.807, 2.05) is 22.7 Å². The molecule has 0 aliphatic carbocycles. The lowest BCUT2D eigenvalue weighted by atomic mass is 10.1. The van der Waals surface area contributed by atoms with Crippen LogP contribution in [0.1, 0.15) is 34.9 Å². The number of likely N-dealkylation sites (tertiary alicyclic amines) is 1. The van der Waals surface area contributed by atoms with Crippen LogP contribution in [0.5, 0.6) is 0 Å². The number of carbonyl (C=O) groups is 1. The second kappa shape index (κ2) is 5.08. The highest BCUT2D eigenvalue weighted by Crippen LogP contribution is 2.23. The van der Waals surface area contributed by atoms with Crippen molar-refractivity contribution < 1.29 is 4.79 Å². The molecule has 1 aliphatic rings. The molecule has 100 valence electrons. The molecule has 0 aromatic carbocycles. The maximum Gasteiger partial charge on any atom is 0.275 e. The number of nitrogens with zero attached hydrogens (tertiary/aromatic N) is 5. The minimum atomic E-state index is -0.0103. The zero-order valence-corrected chi connectivity index (χ0v) is 11.5. The highest BCUT2D eigenvalue weighted by Gasteiger charge is 2.25. The van der Waals surface area contributed by atoms with Crippen LogP contribution in [0.2, 0.25) is 0 Å². The van der Waals surface area contributed by atoms with E-state index >= 15 is 0 Å². The molecule has 0 unspecified atom stereocenters. The molecule has 0 N–H and O–H groups in total. The van der Waals surface area contributed by atoms with Crippen LogP contribution in [0.4, 0.5) is 0 Å². The lowest BCUT2D eigenvalue weighted by molar-refractivity contribution is 0.0685. The summed E-state index contributed by atoms with van der Waals surface area (Å²) in [5.41, 5.74) is 1.63. The van der Waals surface area contributed by atoms with Crippen molar-refractivity contribution in [1.82, 2.24) is 23.4 Å². The number of hydrogen-bond acceptors (Lipinski definition) is 5. The molecule has 0 atom stereocenters. The van der Waals surface area contributed by atoms with E-state index < -0.39 is 0 Å². The van der Waals surface area contributed by atoms with Gasteiger partial charge in [0.25, 0.3) is 5.91 Å². The molecule has 6 nitrogen and oxygen atoms in total. The van der Waals surface area contributed by atoms with Gasteiger partial charge in [-0.05, 0) is 25.3 Å². The van der Waals surface area contributed by atoms with Crippen molar-refractivity contribution in [1.29, 1.82) is 0 Å². The molecule has 0 saturated carbocycles. The normalized spacial score (nSPS) is 16.8. The van der Waals surface area contributed by atoms with Gasteiger partial charge in [-0.2, -0.15) is 13.8 Å². The maximum absolute atomic E-state index is 12.1. The van der Waals surface area contributed by atoms with E-state index in [4.69, 9.17) is 0 Å². The molecule has 7 heteroatoms. The minimum absolute atomic E-state index is 0.0103. The fourth-order valence-corrected chi connectivity index (χ4v) is 2.79. The Hall–Kier alpha value is -1.76. The predicted octanol–water partition coefficient (Wildman–Crippen LogP) is 1.52. The summed E-state index contributed by atoms with van der Waals surface area (Å²) >= 11 is 1.07. The van der Waals surface area contributed by atoms with Gasteiger partial charge in [0.15, 0.2) is 5.69 Å². The largest absolute Gasteiger partial charge is 0.337 e. The van der Waals surface area contributed by atoms with Gasteiger partial charge in [0.05, 0.1) is 30.2 Å². The van der Waals surface area contributed by atoms with Crippen molar-refractivity contribution in [2.45, 2.75) is 25.8 Å². The number of rotatable bonds is 2. The first-order chi connectivity index (χ1) is 9.24. The summed E-state index contributed by atoms with van der Waals surface area (Å²) in [6.45, 7) is 3.54. The van der Waals surface area contributed by atoms with Gasteiger partial charge in [-0.25, -0.2) is 0 Å². The van der Waals surface area contributed by atoms with E-state index in [0.29, 0.717) is 11.7 Å². The van der Waals surface area contributed by atoms with Gasteiger partial charge < -0.3 is 4.90 Å². The van der Waals surface area contributed by atoms with Crippen LogP contribution in [0.3, 0.4) is 0 Å². The predicted molar refractivity (Wildman–Crippen MR) is 71.0 cm³/mol. The first-order valence-corrected chi connectivity index (χ1v) is 7.04. The molecule has 1 saturated heterocycles. The number of hydrogen-bond donors (Lipinski definition) is 0. The smallest absolute Gasteiger partial charge is 0.275 e. The van der Waals surface area contributed by atoms with Crippen molar-refractivity contribution >= 4 is 17.6 Å².